The van der Waals surface area contributed by atoms with E-state index in [0.717, 1.165) is 6.42 Å². The monoisotopic (exact) mass is 366 g/mol. The number of benzene rings is 1. The average molecular weight is 366 g/mol. The normalized spacial score (nSPS) is 20.2. The minimum atomic E-state index is -4.15. The van der Waals surface area contributed by atoms with Crippen molar-refractivity contribution < 1.29 is 26.9 Å². The predicted molar refractivity (Wildman–Crippen MR) is 91.4 cm³/mol. The van der Waals surface area contributed by atoms with Crippen LogP contribution >= 0.6 is 0 Å². The fourth-order valence-corrected chi connectivity index (χ4v) is 3.42. The molecule has 1 heterocycles. The molecule has 1 fully saturated rings. The molecule has 0 saturated carbocycles. The van der Waals surface area contributed by atoms with Gasteiger partial charge >= 0.3 is 16.1 Å². The van der Waals surface area contributed by atoms with E-state index in [-0.39, 0.29) is 17.6 Å². The van der Waals surface area contributed by atoms with Crippen molar-refractivity contribution in [1.82, 2.24) is 0 Å². The van der Waals surface area contributed by atoms with E-state index in [2.05, 4.69) is 11.8 Å². The summed E-state index contributed by atoms with van der Waals surface area (Å²) >= 11 is 0. The zero-order valence-corrected chi connectivity index (χ0v) is 15.2. The lowest BCUT2D eigenvalue weighted by Gasteiger charge is -2.27. The van der Waals surface area contributed by atoms with E-state index in [9.17, 15) is 13.2 Å². The molecule has 0 N–H and O–H groups in total. The van der Waals surface area contributed by atoms with E-state index in [1.807, 2.05) is 6.92 Å². The highest BCUT2D eigenvalue weighted by atomic mass is 32.2. The molecule has 2 unspecified atom stereocenters. The molecule has 1 aromatic rings. The van der Waals surface area contributed by atoms with Crippen LogP contribution in [-0.4, -0.2) is 33.7 Å². The van der Waals surface area contributed by atoms with E-state index < -0.39 is 22.0 Å². The highest BCUT2D eigenvalue weighted by Gasteiger charge is 2.31. The van der Waals surface area contributed by atoms with Crippen LogP contribution in [0.25, 0.3) is 0 Å². The highest BCUT2D eigenvalue weighted by Crippen LogP contribution is 2.25. The lowest BCUT2D eigenvalue weighted by molar-refractivity contribution is -0.143. The van der Waals surface area contributed by atoms with E-state index >= 15 is 0 Å². The van der Waals surface area contributed by atoms with Crippen molar-refractivity contribution in [2.45, 2.75) is 44.1 Å². The van der Waals surface area contributed by atoms with Gasteiger partial charge in [0, 0.05) is 6.61 Å². The molecule has 7 heteroatoms. The Labute approximate surface area is 148 Å². The van der Waals surface area contributed by atoms with Gasteiger partial charge in [0.25, 0.3) is 0 Å². The molecule has 2 atom stereocenters. The molecule has 1 aliphatic rings. The largest absolute Gasteiger partial charge is 0.481 e. The van der Waals surface area contributed by atoms with Gasteiger partial charge in [0.1, 0.15) is 17.3 Å². The second kappa shape index (κ2) is 8.88. The van der Waals surface area contributed by atoms with Crippen LogP contribution in [0, 0.1) is 17.8 Å². The number of rotatable bonds is 6. The fourth-order valence-electron chi connectivity index (χ4n) is 2.50. The summed E-state index contributed by atoms with van der Waals surface area (Å²) in [6, 6.07) is 5.69. The lowest BCUT2D eigenvalue weighted by Crippen LogP contribution is -2.32. The Morgan fingerprint density at radius 1 is 1.32 bits per heavy atom. The van der Waals surface area contributed by atoms with Crippen LogP contribution in [0.15, 0.2) is 29.2 Å². The molecule has 0 aromatic heterocycles. The second-order valence-corrected chi connectivity index (χ2v) is 7.21. The van der Waals surface area contributed by atoms with Crippen molar-refractivity contribution in [1.29, 1.82) is 0 Å². The number of carbonyl (C=O) groups excluding carboxylic acids is 1. The summed E-state index contributed by atoms with van der Waals surface area (Å²) in [4.78, 5) is 12.1. The summed E-state index contributed by atoms with van der Waals surface area (Å²) in [5.41, 5.74) is 0. The van der Waals surface area contributed by atoms with Gasteiger partial charge in [0.2, 0.25) is 0 Å². The Hall–Kier alpha value is -2.04. The third-order valence-corrected chi connectivity index (χ3v) is 5.18. The SMILES string of the molecule is CC#CCOc1ccc(S(=O)(=O)OC(=O)C2CCOC(CC)C2)cc1. The van der Waals surface area contributed by atoms with Crippen LogP contribution < -0.4 is 4.74 Å². The van der Waals surface area contributed by atoms with E-state index in [1.165, 1.54) is 24.3 Å². The summed E-state index contributed by atoms with van der Waals surface area (Å²) in [5.74, 6) is 4.75. The van der Waals surface area contributed by atoms with E-state index in [1.54, 1.807) is 6.92 Å². The van der Waals surface area contributed by atoms with Crippen molar-refractivity contribution in [2.75, 3.05) is 13.2 Å². The summed E-state index contributed by atoms with van der Waals surface area (Å²) < 4.78 is 40.2. The Kier molecular flexibility index (Phi) is 6.85. The molecule has 1 aromatic carbocycles. The van der Waals surface area contributed by atoms with Gasteiger partial charge in [-0.25, -0.2) is 0 Å². The Morgan fingerprint density at radius 3 is 2.68 bits per heavy atom. The summed E-state index contributed by atoms with van der Waals surface area (Å²) in [5, 5.41) is 0. The van der Waals surface area contributed by atoms with Crippen LogP contribution in [0.5, 0.6) is 5.75 Å². The molecule has 0 radical (unpaired) electrons. The molecular weight excluding hydrogens is 344 g/mol. The first-order chi connectivity index (χ1) is 12.0. The van der Waals surface area contributed by atoms with Gasteiger partial charge in [0.05, 0.1) is 12.0 Å². The van der Waals surface area contributed by atoms with Crippen LogP contribution in [-0.2, 0) is 23.8 Å². The van der Waals surface area contributed by atoms with Gasteiger partial charge in [0.15, 0.2) is 0 Å². The van der Waals surface area contributed by atoms with Crippen LogP contribution in [0.1, 0.15) is 33.1 Å². The van der Waals surface area contributed by atoms with Crippen LogP contribution in [0.4, 0.5) is 0 Å². The third-order valence-electron chi connectivity index (χ3n) is 3.95. The minimum Gasteiger partial charge on any atom is -0.481 e. The van der Waals surface area contributed by atoms with Crippen molar-refractivity contribution >= 4 is 16.1 Å². The summed E-state index contributed by atoms with van der Waals surface area (Å²) in [6.07, 6.45) is 1.70. The van der Waals surface area contributed by atoms with Gasteiger partial charge in [-0.3, -0.25) is 4.79 Å². The average Bonchev–Trinajstić information content (AvgIpc) is 2.62. The summed E-state index contributed by atoms with van der Waals surface area (Å²) in [6.45, 7) is 4.32. The number of carbonyl (C=O) groups is 1. The van der Waals surface area contributed by atoms with Crippen molar-refractivity contribution in [2.24, 2.45) is 5.92 Å². The quantitative estimate of drug-likeness (QED) is 0.569. The maximum absolute atomic E-state index is 12.3. The van der Waals surface area contributed by atoms with Gasteiger partial charge < -0.3 is 13.7 Å². The van der Waals surface area contributed by atoms with Crippen LogP contribution in [0.2, 0.25) is 0 Å². The van der Waals surface area contributed by atoms with Crippen molar-refractivity contribution in [3.05, 3.63) is 24.3 Å². The summed E-state index contributed by atoms with van der Waals surface area (Å²) in [7, 11) is -4.15. The third kappa shape index (κ3) is 5.48. The fraction of sp³-hybridized carbons (Fsp3) is 0.500. The van der Waals surface area contributed by atoms with Crippen molar-refractivity contribution in [3.8, 4) is 17.6 Å². The first-order valence-electron chi connectivity index (χ1n) is 8.18. The smallest absolute Gasteiger partial charge is 0.341 e. The maximum Gasteiger partial charge on any atom is 0.341 e. The maximum atomic E-state index is 12.3. The topological polar surface area (TPSA) is 78.9 Å². The Morgan fingerprint density at radius 2 is 2.04 bits per heavy atom. The number of ether oxygens (including phenoxy) is 2. The van der Waals surface area contributed by atoms with Gasteiger partial charge in [-0.2, -0.15) is 8.42 Å². The van der Waals surface area contributed by atoms with E-state index in [4.69, 9.17) is 13.7 Å². The van der Waals surface area contributed by atoms with Gasteiger partial charge in [-0.05, 0) is 50.5 Å². The molecule has 0 bridgehead atoms. The molecule has 1 saturated heterocycles. The van der Waals surface area contributed by atoms with Gasteiger partial charge in [-0.15, -0.1) is 5.92 Å². The lowest BCUT2D eigenvalue weighted by atomic mass is 9.95. The number of hydrogen-bond acceptors (Lipinski definition) is 6. The van der Waals surface area contributed by atoms with Crippen molar-refractivity contribution in [3.63, 3.8) is 0 Å². The minimum absolute atomic E-state index is 0.0309. The molecule has 0 spiro atoms. The van der Waals surface area contributed by atoms with E-state index in [0.29, 0.717) is 25.2 Å². The predicted octanol–water partition coefficient (Wildman–Crippen LogP) is 2.53. The molecule has 0 amide bonds. The van der Waals surface area contributed by atoms with Crippen LogP contribution in [0.3, 0.4) is 0 Å². The second-order valence-electron chi connectivity index (χ2n) is 5.67. The number of hydrogen-bond donors (Lipinski definition) is 0. The zero-order chi connectivity index (χ0) is 18.3. The molecule has 1 aliphatic heterocycles. The van der Waals surface area contributed by atoms with Gasteiger partial charge in [-0.1, -0.05) is 12.8 Å². The molecule has 6 nitrogen and oxygen atoms in total. The molecule has 25 heavy (non-hydrogen) atoms. The first-order valence-corrected chi connectivity index (χ1v) is 9.59. The first kappa shape index (κ1) is 19.3. The zero-order valence-electron chi connectivity index (χ0n) is 14.4. The molecular formula is C18H22O6S. The molecule has 0 aliphatic carbocycles. The molecule has 2 rings (SSSR count). The molecule has 136 valence electrons. The highest BCUT2D eigenvalue weighted by molar-refractivity contribution is 7.87. The Balaban J connectivity index is 2.00. The Bertz CT molecular complexity index is 742. The standard InChI is InChI=1S/C18H22O6S/c1-3-5-11-22-16-6-8-17(9-7-16)25(20,21)24-18(19)14-10-12-23-15(4-2)13-14/h6-9,14-15H,4,10-13H2,1-2H3.